The van der Waals surface area contributed by atoms with Crippen LogP contribution in [-0.4, -0.2) is 13.7 Å². The molecule has 52 valence electrons. The van der Waals surface area contributed by atoms with Gasteiger partial charge >= 0.3 is 0 Å². The van der Waals surface area contributed by atoms with E-state index in [9.17, 15) is 0 Å². The van der Waals surface area contributed by atoms with Gasteiger partial charge in [0.1, 0.15) is 0 Å². The van der Waals surface area contributed by atoms with Crippen LogP contribution in [0.4, 0.5) is 0 Å². The average molecular weight is 126 g/mol. The Morgan fingerprint density at radius 2 is 2.22 bits per heavy atom. The van der Waals surface area contributed by atoms with Crippen molar-refractivity contribution in [3.8, 4) is 11.8 Å². The van der Waals surface area contributed by atoms with Crippen molar-refractivity contribution in [1.82, 2.24) is 0 Å². The van der Waals surface area contributed by atoms with Gasteiger partial charge in [0, 0.05) is 19.6 Å². The Kier molecular flexibility index (Phi) is 5.35. The van der Waals surface area contributed by atoms with Gasteiger partial charge in [0.2, 0.25) is 0 Å². The molecule has 0 radical (unpaired) electrons. The first-order valence-electron chi connectivity index (χ1n) is 3.22. The number of hydrogen-bond donors (Lipinski definition) is 0. The molecule has 0 bridgehead atoms. The van der Waals surface area contributed by atoms with Crippen LogP contribution in [0.2, 0.25) is 0 Å². The van der Waals surface area contributed by atoms with E-state index in [4.69, 9.17) is 4.74 Å². The lowest BCUT2D eigenvalue weighted by molar-refractivity contribution is 0.187. The van der Waals surface area contributed by atoms with Gasteiger partial charge in [-0.2, -0.15) is 0 Å². The fourth-order valence-corrected chi connectivity index (χ4v) is 0.613. The van der Waals surface area contributed by atoms with E-state index in [2.05, 4.69) is 18.8 Å². The van der Waals surface area contributed by atoms with Crippen molar-refractivity contribution < 1.29 is 4.74 Å². The van der Waals surface area contributed by atoms with Crippen LogP contribution in [0.3, 0.4) is 0 Å². The minimum atomic E-state index is 0.481. The van der Waals surface area contributed by atoms with E-state index in [0.717, 1.165) is 13.0 Å². The number of hydrogen-bond acceptors (Lipinski definition) is 1. The third-order valence-corrected chi connectivity index (χ3v) is 1.15. The highest BCUT2D eigenvalue weighted by Crippen LogP contribution is 1.98. The van der Waals surface area contributed by atoms with Crippen molar-refractivity contribution in [2.24, 2.45) is 5.92 Å². The lowest BCUT2D eigenvalue weighted by Crippen LogP contribution is -1.96. The summed E-state index contributed by atoms with van der Waals surface area (Å²) in [6.07, 6.45) is 1.04. The van der Waals surface area contributed by atoms with Gasteiger partial charge in [0.25, 0.3) is 0 Å². The number of rotatable bonds is 3. The fraction of sp³-hybridized carbons (Fsp3) is 0.750. The van der Waals surface area contributed by atoms with E-state index in [0.29, 0.717) is 5.92 Å². The molecule has 0 aliphatic rings. The largest absolute Gasteiger partial charge is 0.385 e. The molecule has 1 heteroatoms. The van der Waals surface area contributed by atoms with Crippen LogP contribution in [0.1, 0.15) is 20.3 Å². The highest BCUT2D eigenvalue weighted by Gasteiger charge is 1.93. The van der Waals surface area contributed by atoms with Crippen molar-refractivity contribution in [3.63, 3.8) is 0 Å². The van der Waals surface area contributed by atoms with Gasteiger partial charge in [-0.1, -0.05) is 6.92 Å². The Bertz CT molecular complexity index is 107. The Balaban J connectivity index is 3.23. The minimum absolute atomic E-state index is 0.481. The summed E-state index contributed by atoms with van der Waals surface area (Å²) in [7, 11) is 1.71. The molecule has 0 aliphatic carbocycles. The summed E-state index contributed by atoms with van der Waals surface area (Å²) in [5, 5.41) is 0. The van der Waals surface area contributed by atoms with Crippen LogP contribution in [-0.2, 0) is 4.74 Å². The molecular weight excluding hydrogens is 112 g/mol. The molecule has 0 aromatic rings. The van der Waals surface area contributed by atoms with Gasteiger partial charge < -0.3 is 4.74 Å². The fourth-order valence-electron chi connectivity index (χ4n) is 0.613. The lowest BCUT2D eigenvalue weighted by atomic mass is 10.1. The molecule has 0 fully saturated rings. The van der Waals surface area contributed by atoms with Crippen LogP contribution < -0.4 is 0 Å². The molecule has 0 N–H and O–H groups in total. The van der Waals surface area contributed by atoms with Gasteiger partial charge in [0.05, 0.1) is 0 Å². The average Bonchev–Trinajstić information content (AvgIpc) is 1.85. The zero-order valence-corrected chi connectivity index (χ0v) is 6.40. The molecule has 0 saturated heterocycles. The van der Waals surface area contributed by atoms with E-state index >= 15 is 0 Å². The molecule has 1 atom stereocenters. The van der Waals surface area contributed by atoms with E-state index in [-0.39, 0.29) is 0 Å². The number of ether oxygens (including phenoxy) is 1. The highest BCUT2D eigenvalue weighted by molar-refractivity contribution is 4.98. The maximum Gasteiger partial charge on any atom is 0.0473 e. The SMILES string of the molecule is CC#CC(C)CCOC. The summed E-state index contributed by atoms with van der Waals surface area (Å²) in [5.74, 6) is 6.40. The molecule has 0 aromatic heterocycles. The molecule has 0 rings (SSSR count). The Morgan fingerprint density at radius 1 is 1.56 bits per heavy atom. The van der Waals surface area contributed by atoms with Crippen LogP contribution >= 0.6 is 0 Å². The molecule has 0 heterocycles. The maximum atomic E-state index is 4.89. The summed E-state index contributed by atoms with van der Waals surface area (Å²) < 4.78 is 4.89. The van der Waals surface area contributed by atoms with Crippen molar-refractivity contribution in [2.45, 2.75) is 20.3 Å². The first-order valence-corrected chi connectivity index (χ1v) is 3.22. The van der Waals surface area contributed by atoms with Crippen LogP contribution in [0, 0.1) is 17.8 Å². The van der Waals surface area contributed by atoms with Crippen molar-refractivity contribution in [1.29, 1.82) is 0 Å². The van der Waals surface area contributed by atoms with Gasteiger partial charge in [-0.15, -0.1) is 11.8 Å². The van der Waals surface area contributed by atoms with Crippen LogP contribution in [0.5, 0.6) is 0 Å². The zero-order chi connectivity index (χ0) is 7.11. The van der Waals surface area contributed by atoms with Crippen molar-refractivity contribution in [3.05, 3.63) is 0 Å². The summed E-state index contributed by atoms with van der Waals surface area (Å²) in [4.78, 5) is 0. The minimum Gasteiger partial charge on any atom is -0.385 e. The van der Waals surface area contributed by atoms with Crippen LogP contribution in [0.25, 0.3) is 0 Å². The monoisotopic (exact) mass is 126 g/mol. The van der Waals surface area contributed by atoms with Crippen LogP contribution in [0.15, 0.2) is 0 Å². The molecule has 0 aliphatic heterocycles. The van der Waals surface area contributed by atoms with E-state index in [1.807, 2.05) is 6.92 Å². The van der Waals surface area contributed by atoms with E-state index in [1.54, 1.807) is 7.11 Å². The normalized spacial score (nSPS) is 11.9. The molecule has 9 heavy (non-hydrogen) atoms. The summed E-state index contributed by atoms with van der Waals surface area (Å²) in [5.41, 5.74) is 0. The Labute approximate surface area is 57.4 Å². The predicted octanol–water partition coefficient (Wildman–Crippen LogP) is 1.68. The van der Waals surface area contributed by atoms with Crippen molar-refractivity contribution in [2.75, 3.05) is 13.7 Å². The topological polar surface area (TPSA) is 9.23 Å². The second-order valence-corrected chi connectivity index (χ2v) is 2.08. The summed E-state index contributed by atoms with van der Waals surface area (Å²) in [6.45, 7) is 4.79. The maximum absolute atomic E-state index is 4.89. The second kappa shape index (κ2) is 5.65. The standard InChI is InChI=1S/C8H14O/c1-4-5-8(2)6-7-9-3/h8H,6-7H2,1-3H3. The molecule has 0 saturated carbocycles. The van der Waals surface area contributed by atoms with Gasteiger partial charge in [-0.05, 0) is 13.3 Å². The van der Waals surface area contributed by atoms with Gasteiger partial charge in [0.15, 0.2) is 0 Å². The van der Waals surface area contributed by atoms with Gasteiger partial charge in [-0.25, -0.2) is 0 Å². The second-order valence-electron chi connectivity index (χ2n) is 2.08. The zero-order valence-electron chi connectivity index (χ0n) is 6.40. The molecule has 0 aromatic carbocycles. The first kappa shape index (κ1) is 8.52. The third-order valence-electron chi connectivity index (χ3n) is 1.15. The van der Waals surface area contributed by atoms with E-state index < -0.39 is 0 Å². The molecule has 0 spiro atoms. The Hall–Kier alpha value is -0.480. The quantitative estimate of drug-likeness (QED) is 0.523. The number of methoxy groups -OCH3 is 1. The molecular formula is C8H14O. The molecule has 1 unspecified atom stereocenters. The summed E-state index contributed by atoms with van der Waals surface area (Å²) >= 11 is 0. The predicted molar refractivity (Wildman–Crippen MR) is 39.1 cm³/mol. The first-order chi connectivity index (χ1) is 4.31. The molecule has 0 amide bonds. The summed E-state index contributed by atoms with van der Waals surface area (Å²) in [6, 6.07) is 0. The lowest BCUT2D eigenvalue weighted by Gasteiger charge is -2.00. The van der Waals surface area contributed by atoms with E-state index in [1.165, 1.54) is 0 Å². The van der Waals surface area contributed by atoms with Gasteiger partial charge in [-0.3, -0.25) is 0 Å². The smallest absolute Gasteiger partial charge is 0.0473 e. The van der Waals surface area contributed by atoms with Crippen molar-refractivity contribution >= 4 is 0 Å². The third kappa shape index (κ3) is 5.39. The highest BCUT2D eigenvalue weighted by atomic mass is 16.5. The molecule has 1 nitrogen and oxygen atoms in total. The Morgan fingerprint density at radius 3 is 2.67 bits per heavy atom.